The predicted octanol–water partition coefficient (Wildman–Crippen LogP) is 3.97. The number of nitrogens with two attached hydrogens (primary N) is 2. The van der Waals surface area contributed by atoms with E-state index in [1.54, 1.807) is 13.1 Å². The van der Waals surface area contributed by atoms with E-state index in [9.17, 15) is 18.8 Å². The van der Waals surface area contributed by atoms with Crippen LogP contribution in [0.15, 0.2) is 82.7 Å². The molecule has 3 atom stereocenters. The molecule has 49 heavy (non-hydrogen) atoms. The molecule has 10 nitrogen and oxygen atoms in total. The number of aromatic amines is 1. The third-order valence-electron chi connectivity index (χ3n) is 8.99. The fourth-order valence-corrected chi connectivity index (χ4v) is 7.22. The number of unbranched alkanes of at least 4 members (excludes halogenated alkanes) is 1. The Morgan fingerprint density at radius 1 is 0.837 bits per heavy atom. The Hall–Kier alpha value is -4.23. The van der Waals surface area contributed by atoms with Crippen LogP contribution in [-0.2, 0) is 33.9 Å². The molecule has 260 valence electrons. The van der Waals surface area contributed by atoms with Crippen molar-refractivity contribution < 1.29 is 18.8 Å². The first-order valence-corrected chi connectivity index (χ1v) is 17.7. The first-order valence-electron chi connectivity index (χ1n) is 16.9. The second-order valence-corrected chi connectivity index (χ2v) is 13.5. The monoisotopic (exact) mass is 687 g/mol. The minimum absolute atomic E-state index is 0.0591. The van der Waals surface area contributed by atoms with Crippen molar-refractivity contribution in [2.45, 2.75) is 79.5 Å². The number of benzene rings is 3. The number of halogens is 1. The van der Waals surface area contributed by atoms with Gasteiger partial charge in [0.25, 0.3) is 0 Å². The molecule has 0 saturated heterocycles. The van der Waals surface area contributed by atoms with Crippen molar-refractivity contribution in [2.24, 2.45) is 11.5 Å². The summed E-state index contributed by atoms with van der Waals surface area (Å²) in [6.45, 7) is 1.31. The highest BCUT2D eigenvalue weighted by atomic mass is 32.2. The van der Waals surface area contributed by atoms with E-state index in [-0.39, 0.29) is 30.7 Å². The van der Waals surface area contributed by atoms with Crippen molar-refractivity contribution in [1.29, 1.82) is 0 Å². The van der Waals surface area contributed by atoms with E-state index in [4.69, 9.17) is 11.5 Å². The molecular weight excluding hydrogens is 642 g/mol. The van der Waals surface area contributed by atoms with E-state index < -0.39 is 23.9 Å². The molecule has 1 aromatic heterocycles. The Bertz CT molecular complexity index is 1750. The average Bonchev–Trinajstić information content (AvgIpc) is 3.52. The van der Waals surface area contributed by atoms with Gasteiger partial charge in [0, 0.05) is 53.4 Å². The number of fused-ring (bicyclic) bond motifs is 3. The zero-order valence-electron chi connectivity index (χ0n) is 27.8. The summed E-state index contributed by atoms with van der Waals surface area (Å²) in [7, 11) is 1.60. The van der Waals surface area contributed by atoms with Crippen LogP contribution in [0.2, 0.25) is 0 Å². The first kappa shape index (κ1) is 36.1. The van der Waals surface area contributed by atoms with Gasteiger partial charge in [-0.1, -0.05) is 48.2 Å². The number of rotatable bonds is 9. The number of aromatic nitrogens is 1. The lowest BCUT2D eigenvalue weighted by Gasteiger charge is -2.32. The van der Waals surface area contributed by atoms with Gasteiger partial charge in [0.05, 0.1) is 6.04 Å². The second-order valence-electron chi connectivity index (χ2n) is 12.4. The number of carbonyl (C=O) groups excluding carboxylic acids is 3. The lowest BCUT2D eigenvalue weighted by Crippen LogP contribution is -2.57. The molecule has 5 rings (SSSR count). The van der Waals surface area contributed by atoms with Gasteiger partial charge in [-0.2, -0.15) is 0 Å². The van der Waals surface area contributed by atoms with Crippen LogP contribution in [0.1, 0.15) is 48.8 Å². The third kappa shape index (κ3) is 9.27. The van der Waals surface area contributed by atoms with Crippen molar-refractivity contribution in [2.75, 3.05) is 20.1 Å². The maximum atomic E-state index is 14.6. The van der Waals surface area contributed by atoms with Gasteiger partial charge < -0.3 is 37.3 Å². The van der Waals surface area contributed by atoms with Gasteiger partial charge in [-0.15, -0.1) is 0 Å². The van der Waals surface area contributed by atoms with Crippen LogP contribution in [0.5, 0.6) is 0 Å². The van der Waals surface area contributed by atoms with Gasteiger partial charge >= 0.3 is 0 Å². The van der Waals surface area contributed by atoms with Crippen LogP contribution in [-0.4, -0.2) is 65.9 Å². The number of nitrogens with zero attached hydrogens (tertiary/aromatic N) is 1. The molecule has 0 spiro atoms. The molecular formula is C37H46FN7O3S. The maximum Gasteiger partial charge on any atom is 0.245 e. The highest BCUT2D eigenvalue weighted by molar-refractivity contribution is 7.99. The topological polar surface area (TPSA) is 158 Å². The third-order valence-corrected chi connectivity index (χ3v) is 10.2. The SMILES string of the molecule is CN1C(=O)C(CCCCN)NC(=O)[C@@H](CCCN)NCc2ccccc2Sc2ccc(F)cc2CNC(=O)[C@@H]1Cc1c[nH]c2ccccc12. The fraction of sp³-hybridized carbons (Fsp3) is 0.378. The van der Waals surface area contributed by atoms with Crippen LogP contribution in [0.4, 0.5) is 4.39 Å². The number of hydrogen-bond acceptors (Lipinski definition) is 7. The number of H-pyrrole nitrogens is 1. The summed E-state index contributed by atoms with van der Waals surface area (Å²) in [5.74, 6) is -1.48. The van der Waals surface area contributed by atoms with Gasteiger partial charge in [0.1, 0.15) is 17.9 Å². The Labute approximate surface area is 290 Å². The van der Waals surface area contributed by atoms with Crippen molar-refractivity contribution in [1.82, 2.24) is 25.8 Å². The Kier molecular flexibility index (Phi) is 12.8. The normalized spacial score (nSPS) is 19.6. The van der Waals surface area contributed by atoms with Crippen molar-refractivity contribution in [3.05, 3.63) is 95.4 Å². The number of hydrogen-bond donors (Lipinski definition) is 6. The average molecular weight is 688 g/mol. The number of likely N-dealkylation sites (N-methyl/N-ethyl adjacent to an activating group) is 1. The summed E-state index contributed by atoms with van der Waals surface area (Å²) < 4.78 is 14.6. The van der Waals surface area contributed by atoms with Crippen LogP contribution < -0.4 is 27.4 Å². The summed E-state index contributed by atoms with van der Waals surface area (Å²) in [4.78, 5) is 48.7. The van der Waals surface area contributed by atoms with Crippen molar-refractivity contribution in [3.8, 4) is 0 Å². The largest absolute Gasteiger partial charge is 0.361 e. The van der Waals surface area contributed by atoms with Gasteiger partial charge in [-0.25, -0.2) is 4.39 Å². The van der Waals surface area contributed by atoms with Crippen LogP contribution in [0.25, 0.3) is 10.9 Å². The zero-order valence-corrected chi connectivity index (χ0v) is 28.7. The highest BCUT2D eigenvalue weighted by Crippen LogP contribution is 2.33. The minimum atomic E-state index is -0.923. The summed E-state index contributed by atoms with van der Waals surface area (Å²) in [6.07, 6.45) is 4.83. The predicted molar refractivity (Wildman–Crippen MR) is 191 cm³/mol. The standard InChI is InChI=1S/C37H46FN7O3S/c1-45-32(20-25-22-41-29-11-4-3-10-28(25)29)36(47)43-23-26-19-27(38)15-16-34(26)49-33-14-5-2-9-24(33)21-42-30(13-8-18-40)35(46)44-31(37(45)48)12-6-7-17-39/h2-5,9-11,14-16,19,22,30-32,41-42H,6-8,12-13,17-18,20-21,23,39-40H2,1H3,(H,43,47)(H,44,46)/t30-,31?,32+/m1/s1. The van der Waals surface area contributed by atoms with Crippen molar-refractivity contribution >= 4 is 40.4 Å². The Morgan fingerprint density at radius 2 is 1.57 bits per heavy atom. The highest BCUT2D eigenvalue weighted by Gasteiger charge is 2.34. The number of nitrogens with one attached hydrogen (secondary N) is 4. The fourth-order valence-electron chi connectivity index (χ4n) is 6.17. The molecule has 3 aromatic carbocycles. The molecule has 4 aromatic rings. The van der Waals surface area contributed by atoms with E-state index in [1.807, 2.05) is 54.7 Å². The summed E-state index contributed by atoms with van der Waals surface area (Å²) in [6, 6.07) is 17.7. The van der Waals surface area contributed by atoms with Crippen LogP contribution in [0, 0.1) is 5.82 Å². The minimum Gasteiger partial charge on any atom is -0.361 e. The van der Waals surface area contributed by atoms with Gasteiger partial charge in [-0.05, 0) is 92.2 Å². The molecule has 0 fully saturated rings. The summed E-state index contributed by atoms with van der Waals surface area (Å²) in [5, 5.41) is 10.4. The number of amides is 3. The van der Waals surface area contributed by atoms with E-state index in [0.29, 0.717) is 57.3 Å². The van der Waals surface area contributed by atoms with E-state index >= 15 is 0 Å². The van der Waals surface area contributed by atoms with Crippen LogP contribution >= 0.6 is 11.8 Å². The molecule has 1 aliphatic heterocycles. The van der Waals surface area contributed by atoms with Gasteiger partial charge in [0.15, 0.2) is 0 Å². The number of carbonyl (C=O) groups is 3. The smallest absolute Gasteiger partial charge is 0.245 e. The molecule has 2 heterocycles. The second kappa shape index (κ2) is 17.4. The Balaban J connectivity index is 1.55. The summed E-state index contributed by atoms with van der Waals surface area (Å²) >= 11 is 1.47. The van der Waals surface area contributed by atoms with Crippen molar-refractivity contribution in [3.63, 3.8) is 0 Å². The lowest BCUT2D eigenvalue weighted by molar-refractivity contribution is -0.142. The van der Waals surface area contributed by atoms with E-state index in [0.717, 1.165) is 31.8 Å². The molecule has 0 aliphatic carbocycles. The maximum absolute atomic E-state index is 14.6. The summed E-state index contributed by atoms with van der Waals surface area (Å²) in [5.41, 5.74) is 15.0. The van der Waals surface area contributed by atoms with Crippen LogP contribution in [0.3, 0.4) is 0 Å². The molecule has 1 unspecified atom stereocenters. The molecule has 0 saturated carbocycles. The lowest BCUT2D eigenvalue weighted by atomic mass is 10.0. The van der Waals surface area contributed by atoms with Gasteiger partial charge in [0.2, 0.25) is 17.7 Å². The molecule has 0 radical (unpaired) electrons. The van der Waals surface area contributed by atoms with Gasteiger partial charge in [-0.3, -0.25) is 14.4 Å². The molecule has 8 N–H and O–H groups in total. The van der Waals surface area contributed by atoms with E-state index in [2.05, 4.69) is 20.9 Å². The first-order chi connectivity index (χ1) is 23.8. The molecule has 0 bridgehead atoms. The zero-order chi connectivity index (χ0) is 34.8. The molecule has 12 heteroatoms. The molecule has 3 amide bonds. The number of para-hydroxylation sites is 1. The Morgan fingerprint density at radius 3 is 2.39 bits per heavy atom. The van der Waals surface area contributed by atoms with E-state index in [1.165, 1.54) is 28.8 Å². The quantitative estimate of drug-likeness (QED) is 0.145. The molecule has 1 aliphatic rings.